The first-order chi connectivity index (χ1) is 12.1. The lowest BCUT2D eigenvalue weighted by Gasteiger charge is -2.17. The first kappa shape index (κ1) is 20.2. The SMILES string of the molecule is Cc1cc(Cl)ccc1O[C@@H](C)C(=O)Nc1cccc(S(=O)(=O)N(C)C)c1. The van der Waals surface area contributed by atoms with E-state index in [2.05, 4.69) is 5.32 Å². The number of nitrogens with one attached hydrogen (secondary N) is 1. The second-order valence-electron chi connectivity index (χ2n) is 5.97. The Labute approximate surface area is 158 Å². The highest BCUT2D eigenvalue weighted by Crippen LogP contribution is 2.23. The molecule has 2 aromatic rings. The van der Waals surface area contributed by atoms with Gasteiger partial charge in [0.2, 0.25) is 10.0 Å². The molecule has 0 aliphatic carbocycles. The highest BCUT2D eigenvalue weighted by molar-refractivity contribution is 7.89. The average molecular weight is 397 g/mol. The van der Waals surface area contributed by atoms with E-state index in [1.165, 1.54) is 26.2 Å². The monoisotopic (exact) mass is 396 g/mol. The van der Waals surface area contributed by atoms with Crippen LogP contribution in [-0.2, 0) is 14.8 Å². The summed E-state index contributed by atoms with van der Waals surface area (Å²) in [4.78, 5) is 12.5. The van der Waals surface area contributed by atoms with E-state index in [-0.39, 0.29) is 4.90 Å². The van der Waals surface area contributed by atoms with Gasteiger partial charge >= 0.3 is 0 Å². The minimum Gasteiger partial charge on any atom is -0.481 e. The van der Waals surface area contributed by atoms with E-state index in [4.69, 9.17) is 16.3 Å². The molecule has 0 fully saturated rings. The maximum Gasteiger partial charge on any atom is 0.265 e. The number of ether oxygens (including phenoxy) is 1. The minimum atomic E-state index is -3.58. The van der Waals surface area contributed by atoms with Crippen molar-refractivity contribution in [3.63, 3.8) is 0 Å². The molecule has 1 N–H and O–H groups in total. The molecule has 1 amide bonds. The molecule has 0 unspecified atom stereocenters. The van der Waals surface area contributed by atoms with Crippen molar-refractivity contribution in [1.82, 2.24) is 4.31 Å². The van der Waals surface area contributed by atoms with Gasteiger partial charge in [-0.3, -0.25) is 4.79 Å². The summed E-state index contributed by atoms with van der Waals surface area (Å²) in [7, 11) is -0.677. The van der Waals surface area contributed by atoms with Crippen LogP contribution in [0.25, 0.3) is 0 Å². The van der Waals surface area contributed by atoms with Gasteiger partial charge in [-0.2, -0.15) is 0 Å². The van der Waals surface area contributed by atoms with E-state index in [1.807, 2.05) is 6.92 Å². The van der Waals surface area contributed by atoms with E-state index in [9.17, 15) is 13.2 Å². The Balaban J connectivity index is 2.12. The number of hydrogen-bond donors (Lipinski definition) is 1. The fourth-order valence-corrected chi connectivity index (χ4v) is 3.35. The van der Waals surface area contributed by atoms with Gasteiger partial charge in [-0.25, -0.2) is 12.7 Å². The number of halogens is 1. The Morgan fingerprint density at radius 3 is 2.50 bits per heavy atom. The first-order valence-corrected chi connectivity index (χ1v) is 9.69. The van der Waals surface area contributed by atoms with Gasteiger partial charge in [-0.05, 0) is 55.8 Å². The Morgan fingerprint density at radius 1 is 1.19 bits per heavy atom. The van der Waals surface area contributed by atoms with Crippen LogP contribution in [-0.4, -0.2) is 38.8 Å². The zero-order valence-corrected chi connectivity index (χ0v) is 16.6. The van der Waals surface area contributed by atoms with E-state index in [1.54, 1.807) is 37.3 Å². The van der Waals surface area contributed by atoms with Gasteiger partial charge in [0, 0.05) is 24.8 Å². The Bertz CT molecular complexity index is 913. The fourth-order valence-electron chi connectivity index (χ4n) is 2.18. The molecule has 1 atom stereocenters. The van der Waals surface area contributed by atoms with Crippen LogP contribution in [0, 0.1) is 6.92 Å². The van der Waals surface area contributed by atoms with Crippen LogP contribution < -0.4 is 10.1 Å². The highest BCUT2D eigenvalue weighted by atomic mass is 35.5. The molecule has 2 rings (SSSR count). The third-order valence-corrected chi connectivity index (χ3v) is 5.74. The molecule has 0 spiro atoms. The Kier molecular flexibility index (Phi) is 6.28. The Hall–Kier alpha value is -2.09. The lowest BCUT2D eigenvalue weighted by Crippen LogP contribution is -2.30. The predicted molar refractivity (Wildman–Crippen MR) is 102 cm³/mol. The van der Waals surface area contributed by atoms with E-state index < -0.39 is 22.0 Å². The van der Waals surface area contributed by atoms with Crippen molar-refractivity contribution in [3.05, 3.63) is 53.1 Å². The average Bonchev–Trinajstić information content (AvgIpc) is 2.57. The molecule has 0 heterocycles. The fraction of sp³-hybridized carbons (Fsp3) is 0.278. The number of carbonyl (C=O) groups is 1. The Morgan fingerprint density at radius 2 is 1.88 bits per heavy atom. The molecular formula is C18H21ClN2O4S. The summed E-state index contributed by atoms with van der Waals surface area (Å²) in [6.07, 6.45) is -0.774. The number of anilines is 1. The maximum absolute atomic E-state index is 12.4. The molecule has 140 valence electrons. The van der Waals surface area contributed by atoms with Gasteiger partial charge in [0.1, 0.15) is 5.75 Å². The summed E-state index contributed by atoms with van der Waals surface area (Å²) in [5.41, 5.74) is 1.19. The van der Waals surface area contributed by atoms with Crippen molar-refractivity contribution >= 4 is 33.2 Å². The van der Waals surface area contributed by atoms with Crippen LogP contribution in [0.5, 0.6) is 5.75 Å². The summed E-state index contributed by atoms with van der Waals surface area (Å²) in [5, 5.41) is 3.26. The van der Waals surface area contributed by atoms with Crippen LogP contribution in [0.15, 0.2) is 47.4 Å². The normalized spacial score (nSPS) is 12.7. The molecule has 0 aliphatic rings. The van der Waals surface area contributed by atoms with Crippen LogP contribution in [0.3, 0.4) is 0 Å². The summed E-state index contributed by atoms with van der Waals surface area (Å²) in [6.45, 7) is 3.45. The van der Waals surface area contributed by atoms with Crippen LogP contribution in [0.1, 0.15) is 12.5 Å². The van der Waals surface area contributed by atoms with E-state index >= 15 is 0 Å². The molecule has 0 radical (unpaired) electrons. The number of sulfonamides is 1. The number of rotatable bonds is 6. The standard InChI is InChI=1S/C18H21ClN2O4S/c1-12-10-14(19)8-9-17(12)25-13(2)18(22)20-15-6-5-7-16(11-15)26(23,24)21(3)4/h5-11,13H,1-4H3,(H,20,22)/t13-/m0/s1. The number of nitrogens with zero attached hydrogens (tertiary/aromatic N) is 1. The number of amides is 1. The van der Waals surface area contributed by atoms with Gasteiger partial charge in [-0.1, -0.05) is 17.7 Å². The second kappa shape index (κ2) is 8.07. The van der Waals surface area contributed by atoms with Gasteiger partial charge in [-0.15, -0.1) is 0 Å². The summed E-state index contributed by atoms with van der Waals surface area (Å²) in [5.74, 6) is 0.166. The molecule has 0 saturated heterocycles. The van der Waals surface area contributed by atoms with Gasteiger partial charge in [0.15, 0.2) is 6.10 Å². The number of benzene rings is 2. The summed E-state index contributed by atoms with van der Waals surface area (Å²) in [6, 6.07) is 11.2. The van der Waals surface area contributed by atoms with Crippen molar-refractivity contribution < 1.29 is 17.9 Å². The molecule has 0 bridgehead atoms. The smallest absolute Gasteiger partial charge is 0.265 e. The van der Waals surface area contributed by atoms with Crippen molar-refractivity contribution in [2.45, 2.75) is 24.8 Å². The van der Waals surface area contributed by atoms with Crippen molar-refractivity contribution in [2.24, 2.45) is 0 Å². The zero-order valence-electron chi connectivity index (χ0n) is 15.0. The molecule has 0 aliphatic heterocycles. The zero-order chi connectivity index (χ0) is 19.5. The quantitative estimate of drug-likeness (QED) is 0.812. The number of aryl methyl sites for hydroxylation is 1. The maximum atomic E-state index is 12.4. The van der Waals surface area contributed by atoms with Gasteiger partial charge in [0.05, 0.1) is 4.90 Å². The van der Waals surface area contributed by atoms with Crippen LogP contribution in [0.4, 0.5) is 5.69 Å². The number of carbonyl (C=O) groups excluding carboxylic acids is 1. The molecule has 0 saturated carbocycles. The molecular weight excluding hydrogens is 376 g/mol. The summed E-state index contributed by atoms with van der Waals surface area (Å²) >= 11 is 5.91. The number of hydrogen-bond acceptors (Lipinski definition) is 4. The highest BCUT2D eigenvalue weighted by Gasteiger charge is 2.19. The lowest BCUT2D eigenvalue weighted by atomic mass is 10.2. The minimum absolute atomic E-state index is 0.0995. The molecule has 26 heavy (non-hydrogen) atoms. The first-order valence-electron chi connectivity index (χ1n) is 7.87. The third-order valence-electron chi connectivity index (χ3n) is 3.69. The van der Waals surface area contributed by atoms with E-state index in [0.29, 0.717) is 16.5 Å². The lowest BCUT2D eigenvalue weighted by molar-refractivity contribution is -0.122. The van der Waals surface area contributed by atoms with Gasteiger partial charge < -0.3 is 10.1 Å². The predicted octanol–water partition coefficient (Wildman–Crippen LogP) is 3.30. The molecule has 8 heteroatoms. The third kappa shape index (κ3) is 4.75. The van der Waals surface area contributed by atoms with Crippen molar-refractivity contribution in [1.29, 1.82) is 0 Å². The largest absolute Gasteiger partial charge is 0.481 e. The van der Waals surface area contributed by atoms with Crippen molar-refractivity contribution in [3.8, 4) is 5.75 Å². The van der Waals surface area contributed by atoms with Crippen molar-refractivity contribution in [2.75, 3.05) is 19.4 Å². The van der Waals surface area contributed by atoms with Crippen LogP contribution >= 0.6 is 11.6 Å². The second-order valence-corrected chi connectivity index (χ2v) is 8.56. The summed E-state index contributed by atoms with van der Waals surface area (Å²) < 4.78 is 31.2. The van der Waals surface area contributed by atoms with Gasteiger partial charge in [0.25, 0.3) is 5.91 Å². The topological polar surface area (TPSA) is 75.7 Å². The molecule has 2 aromatic carbocycles. The molecule has 0 aromatic heterocycles. The van der Waals surface area contributed by atoms with E-state index in [0.717, 1.165) is 9.87 Å². The van der Waals surface area contributed by atoms with Crippen LogP contribution in [0.2, 0.25) is 5.02 Å². The molecule has 6 nitrogen and oxygen atoms in total.